The first-order valence-electron chi connectivity index (χ1n) is 8.39. The number of nitrogens with one attached hydrogen (secondary N) is 3. The van der Waals surface area contributed by atoms with E-state index < -0.39 is 9.84 Å². The number of aromatic amines is 1. The van der Waals surface area contributed by atoms with Crippen molar-refractivity contribution in [2.45, 2.75) is 4.90 Å². The summed E-state index contributed by atoms with van der Waals surface area (Å²) >= 11 is 6.27. The van der Waals surface area contributed by atoms with Gasteiger partial charge in [0.25, 0.3) is 0 Å². The van der Waals surface area contributed by atoms with E-state index >= 15 is 0 Å². The molecule has 3 aromatic rings. The van der Waals surface area contributed by atoms with Crippen molar-refractivity contribution in [1.82, 2.24) is 9.97 Å². The van der Waals surface area contributed by atoms with Crippen molar-refractivity contribution in [2.24, 2.45) is 0 Å². The van der Waals surface area contributed by atoms with Crippen LogP contribution in [0.1, 0.15) is 0 Å². The molecule has 10 heteroatoms. The molecule has 3 N–H and O–H groups in total. The molecule has 0 unspecified atom stereocenters. The van der Waals surface area contributed by atoms with Crippen LogP contribution in [0.15, 0.2) is 35.4 Å². The molecule has 0 amide bonds. The maximum atomic E-state index is 11.8. The summed E-state index contributed by atoms with van der Waals surface area (Å²) in [6.45, 7) is 1.14. The predicted octanol–water partition coefficient (Wildman–Crippen LogP) is 3.43. The number of hydrogen-bond donors (Lipinski definition) is 3. The van der Waals surface area contributed by atoms with Gasteiger partial charge >= 0.3 is 0 Å². The SMILES string of the molecule is COCCNc1cc(Nc2ccc(S(C)(=O)=O)cc2OC)nc2[nH]cc(Cl)c12. The number of ether oxygens (including phenoxy) is 2. The van der Waals surface area contributed by atoms with Crippen LogP contribution in [0.3, 0.4) is 0 Å². The maximum absolute atomic E-state index is 11.8. The summed E-state index contributed by atoms with van der Waals surface area (Å²) in [4.78, 5) is 7.75. The number of sulfone groups is 1. The highest BCUT2D eigenvalue weighted by molar-refractivity contribution is 7.90. The van der Waals surface area contributed by atoms with Gasteiger partial charge in [0.2, 0.25) is 0 Å². The van der Waals surface area contributed by atoms with Crippen molar-refractivity contribution in [1.29, 1.82) is 0 Å². The third-order valence-corrected chi connectivity index (χ3v) is 5.49. The second-order valence-corrected chi connectivity index (χ2v) is 8.52. The van der Waals surface area contributed by atoms with E-state index in [4.69, 9.17) is 21.1 Å². The fourth-order valence-electron chi connectivity index (χ4n) is 2.73. The molecule has 0 aliphatic carbocycles. The minimum atomic E-state index is -3.34. The number of halogens is 1. The van der Waals surface area contributed by atoms with Crippen LogP contribution >= 0.6 is 11.6 Å². The first kappa shape index (κ1) is 20.2. The van der Waals surface area contributed by atoms with E-state index in [1.165, 1.54) is 19.2 Å². The molecule has 0 spiro atoms. The Balaban J connectivity index is 1.98. The molecule has 28 heavy (non-hydrogen) atoms. The average Bonchev–Trinajstić information content (AvgIpc) is 3.02. The Bertz CT molecular complexity index is 1100. The molecule has 3 rings (SSSR count). The third-order valence-electron chi connectivity index (χ3n) is 4.08. The summed E-state index contributed by atoms with van der Waals surface area (Å²) in [6, 6.07) is 6.45. The molecule has 0 fully saturated rings. The van der Waals surface area contributed by atoms with Gasteiger partial charge in [-0.05, 0) is 12.1 Å². The van der Waals surface area contributed by atoms with E-state index in [0.717, 1.165) is 17.3 Å². The van der Waals surface area contributed by atoms with Gasteiger partial charge in [0.05, 0.1) is 40.4 Å². The smallest absolute Gasteiger partial charge is 0.175 e. The second kappa shape index (κ2) is 8.26. The van der Waals surface area contributed by atoms with E-state index in [1.54, 1.807) is 19.4 Å². The Morgan fingerprint density at radius 1 is 1.21 bits per heavy atom. The number of nitrogens with zero attached hydrogens (tertiary/aromatic N) is 1. The minimum Gasteiger partial charge on any atom is -0.495 e. The van der Waals surface area contributed by atoms with Crippen molar-refractivity contribution in [3.8, 4) is 5.75 Å². The van der Waals surface area contributed by atoms with Crippen LogP contribution in [-0.4, -0.2) is 52.0 Å². The van der Waals surface area contributed by atoms with Crippen LogP contribution in [0.25, 0.3) is 11.0 Å². The highest BCUT2D eigenvalue weighted by Gasteiger charge is 2.15. The van der Waals surface area contributed by atoms with E-state index in [1.807, 2.05) is 6.07 Å². The number of aromatic nitrogens is 2. The lowest BCUT2D eigenvalue weighted by Crippen LogP contribution is -2.08. The molecular formula is C18H21ClN4O4S. The zero-order valence-electron chi connectivity index (χ0n) is 15.7. The highest BCUT2D eigenvalue weighted by atomic mass is 35.5. The van der Waals surface area contributed by atoms with Gasteiger partial charge in [-0.3, -0.25) is 0 Å². The fourth-order valence-corrected chi connectivity index (χ4v) is 3.61. The van der Waals surface area contributed by atoms with Crippen molar-refractivity contribution < 1.29 is 17.9 Å². The number of benzene rings is 1. The molecule has 0 atom stereocenters. The summed E-state index contributed by atoms with van der Waals surface area (Å²) in [5.74, 6) is 0.930. The van der Waals surface area contributed by atoms with E-state index in [9.17, 15) is 8.42 Å². The lowest BCUT2D eigenvalue weighted by molar-refractivity contribution is 0.211. The second-order valence-electron chi connectivity index (χ2n) is 6.09. The van der Waals surface area contributed by atoms with Gasteiger partial charge in [0.15, 0.2) is 9.84 Å². The number of rotatable bonds is 8. The molecule has 0 saturated heterocycles. The largest absolute Gasteiger partial charge is 0.495 e. The number of methoxy groups -OCH3 is 2. The summed E-state index contributed by atoms with van der Waals surface area (Å²) in [6.07, 6.45) is 2.82. The molecule has 2 heterocycles. The molecule has 0 radical (unpaired) electrons. The monoisotopic (exact) mass is 424 g/mol. The minimum absolute atomic E-state index is 0.177. The zero-order valence-corrected chi connectivity index (χ0v) is 17.2. The van der Waals surface area contributed by atoms with Crippen LogP contribution < -0.4 is 15.4 Å². The first-order valence-corrected chi connectivity index (χ1v) is 10.7. The quantitative estimate of drug-likeness (QED) is 0.475. The Morgan fingerprint density at radius 3 is 2.68 bits per heavy atom. The van der Waals surface area contributed by atoms with Gasteiger partial charge in [0, 0.05) is 38.2 Å². The fraction of sp³-hybridized carbons (Fsp3) is 0.278. The van der Waals surface area contributed by atoms with Crippen LogP contribution in [0, 0.1) is 0 Å². The van der Waals surface area contributed by atoms with Gasteiger partial charge in [-0.25, -0.2) is 13.4 Å². The molecule has 150 valence electrons. The molecule has 2 aromatic heterocycles. The van der Waals surface area contributed by atoms with Crippen LogP contribution in [-0.2, 0) is 14.6 Å². The van der Waals surface area contributed by atoms with Crippen molar-refractivity contribution >= 4 is 49.7 Å². The summed E-state index contributed by atoms with van der Waals surface area (Å²) in [5, 5.41) is 7.79. The Kier molecular flexibility index (Phi) is 5.97. The number of hydrogen-bond acceptors (Lipinski definition) is 7. The molecule has 8 nitrogen and oxygen atoms in total. The third kappa shape index (κ3) is 4.32. The van der Waals surface area contributed by atoms with Gasteiger partial charge in [-0.15, -0.1) is 0 Å². The average molecular weight is 425 g/mol. The molecular weight excluding hydrogens is 404 g/mol. The predicted molar refractivity (Wildman–Crippen MR) is 111 cm³/mol. The maximum Gasteiger partial charge on any atom is 0.175 e. The number of H-pyrrole nitrogens is 1. The van der Waals surface area contributed by atoms with Crippen molar-refractivity contribution in [2.75, 3.05) is 44.3 Å². The number of anilines is 3. The Morgan fingerprint density at radius 2 is 2.00 bits per heavy atom. The summed E-state index contributed by atoms with van der Waals surface area (Å²) in [7, 11) is -0.226. The van der Waals surface area contributed by atoms with Crippen molar-refractivity contribution in [3.05, 3.63) is 35.5 Å². The van der Waals surface area contributed by atoms with E-state index in [-0.39, 0.29) is 4.90 Å². The summed E-state index contributed by atoms with van der Waals surface area (Å²) in [5.41, 5.74) is 1.99. The Labute approximate surface area is 168 Å². The van der Waals surface area contributed by atoms with Crippen LogP contribution in [0.2, 0.25) is 5.02 Å². The van der Waals surface area contributed by atoms with Gasteiger partial charge in [-0.2, -0.15) is 0 Å². The van der Waals surface area contributed by atoms with Gasteiger partial charge in [-0.1, -0.05) is 11.6 Å². The summed E-state index contributed by atoms with van der Waals surface area (Å²) < 4.78 is 34.0. The van der Waals surface area contributed by atoms with Crippen molar-refractivity contribution in [3.63, 3.8) is 0 Å². The molecule has 0 saturated carbocycles. The molecule has 0 aliphatic rings. The lowest BCUT2D eigenvalue weighted by atomic mass is 10.2. The van der Waals surface area contributed by atoms with Crippen LogP contribution in [0.4, 0.5) is 17.2 Å². The zero-order chi connectivity index (χ0) is 20.3. The van der Waals surface area contributed by atoms with Crippen LogP contribution in [0.5, 0.6) is 5.75 Å². The van der Waals surface area contributed by atoms with Gasteiger partial charge in [0.1, 0.15) is 17.2 Å². The standard InChI is InChI=1S/C18H21ClN4O4S/c1-26-7-6-20-14-9-16(23-18-17(14)12(19)10-21-18)22-13-5-4-11(28(3,24)25)8-15(13)27-2/h4-5,8-10H,6-7H2,1-3H3,(H3,20,21,22,23). The number of fused-ring (bicyclic) bond motifs is 1. The molecule has 0 bridgehead atoms. The van der Waals surface area contributed by atoms with Gasteiger partial charge < -0.3 is 25.1 Å². The first-order chi connectivity index (χ1) is 13.3. The topological polar surface area (TPSA) is 105 Å². The number of pyridine rings is 1. The van der Waals surface area contributed by atoms with E-state index in [2.05, 4.69) is 20.6 Å². The Hall–Kier alpha value is -2.49. The molecule has 0 aliphatic heterocycles. The highest BCUT2D eigenvalue weighted by Crippen LogP contribution is 2.34. The molecule has 1 aromatic carbocycles. The normalized spacial score (nSPS) is 11.6. The lowest BCUT2D eigenvalue weighted by Gasteiger charge is -2.14. The van der Waals surface area contributed by atoms with E-state index in [0.29, 0.717) is 41.1 Å².